The van der Waals surface area contributed by atoms with Crippen molar-refractivity contribution < 1.29 is 14.4 Å². The lowest BCUT2D eigenvalue weighted by Gasteiger charge is -2.35. The van der Waals surface area contributed by atoms with Gasteiger partial charge in [-0.05, 0) is 30.9 Å². The van der Waals surface area contributed by atoms with E-state index in [1.165, 1.54) is 16.2 Å². The van der Waals surface area contributed by atoms with Crippen molar-refractivity contribution >= 4 is 29.1 Å². The maximum absolute atomic E-state index is 12.8. The molecule has 0 spiro atoms. The lowest BCUT2D eigenvalue weighted by Crippen LogP contribution is -2.47. The summed E-state index contributed by atoms with van der Waals surface area (Å²) in [6.45, 7) is 4.11. The summed E-state index contributed by atoms with van der Waals surface area (Å²) in [4.78, 5) is 41.7. The van der Waals surface area contributed by atoms with Gasteiger partial charge < -0.3 is 15.1 Å². The molecule has 1 saturated heterocycles. The Morgan fingerprint density at radius 2 is 2.04 bits per heavy atom. The van der Waals surface area contributed by atoms with Crippen LogP contribution in [0.3, 0.4) is 0 Å². The Kier molecular flexibility index (Phi) is 4.89. The Balaban J connectivity index is 1.68. The van der Waals surface area contributed by atoms with Gasteiger partial charge in [-0.1, -0.05) is 0 Å². The van der Waals surface area contributed by atoms with Crippen molar-refractivity contribution in [3.63, 3.8) is 0 Å². The van der Waals surface area contributed by atoms with Gasteiger partial charge >= 0.3 is 0 Å². The predicted molar refractivity (Wildman–Crippen MR) is 91.8 cm³/mol. The van der Waals surface area contributed by atoms with Crippen LogP contribution in [0.15, 0.2) is 6.07 Å². The highest BCUT2D eigenvalue weighted by atomic mass is 32.1. The van der Waals surface area contributed by atoms with Gasteiger partial charge in [-0.2, -0.15) is 0 Å². The van der Waals surface area contributed by atoms with Crippen molar-refractivity contribution in [1.82, 2.24) is 15.1 Å². The van der Waals surface area contributed by atoms with Crippen LogP contribution in [0.1, 0.15) is 39.9 Å². The maximum Gasteiger partial charge on any atom is 0.261 e. The summed E-state index contributed by atoms with van der Waals surface area (Å²) < 4.78 is 0. The van der Waals surface area contributed by atoms with E-state index in [0.717, 1.165) is 31.4 Å². The number of nitrogens with zero attached hydrogens (tertiary/aromatic N) is 2. The Morgan fingerprint density at radius 3 is 2.75 bits per heavy atom. The normalized spacial score (nSPS) is 20.5. The molecule has 1 fully saturated rings. The van der Waals surface area contributed by atoms with Gasteiger partial charge in [-0.3, -0.25) is 14.4 Å². The number of thiophene rings is 1. The van der Waals surface area contributed by atoms with E-state index in [-0.39, 0.29) is 23.6 Å². The van der Waals surface area contributed by atoms with E-state index < -0.39 is 0 Å². The SMILES string of the molecule is CNC(=O)c1cc2c(s1)CCN(C(=O)[C@@H]1CCCN(C(C)=O)C1)C2. The van der Waals surface area contributed by atoms with E-state index in [4.69, 9.17) is 0 Å². The molecule has 2 aliphatic heterocycles. The number of piperidine rings is 1. The topological polar surface area (TPSA) is 69.7 Å². The second kappa shape index (κ2) is 6.93. The number of amides is 3. The Labute approximate surface area is 145 Å². The summed E-state index contributed by atoms with van der Waals surface area (Å²) in [6.07, 6.45) is 2.53. The minimum atomic E-state index is -0.0961. The molecule has 24 heavy (non-hydrogen) atoms. The van der Waals surface area contributed by atoms with Crippen LogP contribution in [0.25, 0.3) is 0 Å². The van der Waals surface area contributed by atoms with Gasteiger partial charge in [0.05, 0.1) is 10.8 Å². The fourth-order valence-electron chi connectivity index (χ4n) is 3.48. The van der Waals surface area contributed by atoms with Crippen LogP contribution >= 0.6 is 11.3 Å². The predicted octanol–water partition coefficient (Wildman–Crippen LogP) is 1.25. The monoisotopic (exact) mass is 349 g/mol. The molecule has 0 aliphatic carbocycles. The largest absolute Gasteiger partial charge is 0.354 e. The Morgan fingerprint density at radius 1 is 1.25 bits per heavy atom. The van der Waals surface area contributed by atoms with Crippen molar-refractivity contribution in [2.24, 2.45) is 5.92 Å². The van der Waals surface area contributed by atoms with E-state index >= 15 is 0 Å². The van der Waals surface area contributed by atoms with Crippen LogP contribution in [-0.4, -0.2) is 54.2 Å². The third kappa shape index (κ3) is 3.31. The van der Waals surface area contributed by atoms with Crippen LogP contribution in [0.2, 0.25) is 0 Å². The van der Waals surface area contributed by atoms with E-state index in [9.17, 15) is 14.4 Å². The van der Waals surface area contributed by atoms with Crippen molar-refractivity contribution in [2.75, 3.05) is 26.7 Å². The highest BCUT2D eigenvalue weighted by molar-refractivity contribution is 7.14. The molecular weight excluding hydrogens is 326 g/mol. The van der Waals surface area contributed by atoms with Crippen LogP contribution in [0, 0.1) is 5.92 Å². The van der Waals surface area contributed by atoms with Crippen molar-refractivity contribution in [3.8, 4) is 0 Å². The summed E-state index contributed by atoms with van der Waals surface area (Å²) in [5, 5.41) is 2.65. The molecule has 3 amide bonds. The lowest BCUT2D eigenvalue weighted by molar-refractivity contribution is -0.140. The zero-order valence-electron chi connectivity index (χ0n) is 14.1. The molecule has 3 heterocycles. The average molecular weight is 349 g/mol. The molecule has 1 aromatic heterocycles. The first-order valence-electron chi connectivity index (χ1n) is 8.37. The number of likely N-dealkylation sites (tertiary alicyclic amines) is 1. The second-order valence-corrected chi connectivity index (χ2v) is 7.59. The standard InChI is InChI=1S/C17H23N3O3S/c1-11(21)19-6-3-4-12(9-19)17(23)20-7-5-14-13(10-20)8-15(24-14)16(22)18-2/h8,12H,3-7,9-10H2,1-2H3,(H,18,22)/t12-/m1/s1. The quantitative estimate of drug-likeness (QED) is 0.874. The molecule has 0 radical (unpaired) electrons. The molecule has 6 nitrogen and oxygen atoms in total. The minimum absolute atomic E-state index is 0.0430. The summed E-state index contributed by atoms with van der Waals surface area (Å²) >= 11 is 1.52. The number of rotatable bonds is 2. The van der Waals surface area contributed by atoms with E-state index in [1.54, 1.807) is 18.9 Å². The number of fused-ring (bicyclic) bond motifs is 1. The Hall–Kier alpha value is -1.89. The molecule has 0 bridgehead atoms. The zero-order valence-corrected chi connectivity index (χ0v) is 14.9. The van der Waals surface area contributed by atoms with Crippen molar-refractivity contribution in [2.45, 2.75) is 32.7 Å². The molecular formula is C17H23N3O3S. The van der Waals surface area contributed by atoms with E-state index in [0.29, 0.717) is 24.5 Å². The Bertz CT molecular complexity index is 670. The van der Waals surface area contributed by atoms with Gasteiger partial charge in [-0.15, -0.1) is 11.3 Å². The van der Waals surface area contributed by atoms with E-state index in [2.05, 4.69) is 5.32 Å². The van der Waals surface area contributed by atoms with Gasteiger partial charge in [0.2, 0.25) is 11.8 Å². The highest BCUT2D eigenvalue weighted by Gasteiger charge is 2.32. The second-order valence-electron chi connectivity index (χ2n) is 6.45. The first kappa shape index (κ1) is 17.0. The molecule has 3 rings (SSSR count). The van der Waals surface area contributed by atoms with Crippen LogP contribution in [0.4, 0.5) is 0 Å². The van der Waals surface area contributed by atoms with Gasteiger partial charge in [0.25, 0.3) is 5.91 Å². The first-order chi connectivity index (χ1) is 11.5. The summed E-state index contributed by atoms with van der Waals surface area (Å²) in [5.74, 6) is 0.0127. The van der Waals surface area contributed by atoms with Gasteiger partial charge in [0.15, 0.2) is 0 Å². The van der Waals surface area contributed by atoms with Gasteiger partial charge in [0.1, 0.15) is 0 Å². The average Bonchev–Trinajstić information content (AvgIpc) is 3.03. The molecule has 7 heteroatoms. The third-order valence-corrected chi connectivity index (χ3v) is 6.08. The molecule has 1 atom stereocenters. The number of carbonyl (C=O) groups excluding carboxylic acids is 3. The number of nitrogens with one attached hydrogen (secondary N) is 1. The summed E-state index contributed by atoms with van der Waals surface area (Å²) in [7, 11) is 1.63. The van der Waals surface area contributed by atoms with Crippen LogP contribution in [-0.2, 0) is 22.6 Å². The molecule has 0 saturated carbocycles. The van der Waals surface area contributed by atoms with Gasteiger partial charge in [-0.25, -0.2) is 0 Å². The maximum atomic E-state index is 12.8. The molecule has 1 aromatic rings. The zero-order chi connectivity index (χ0) is 17.3. The van der Waals surface area contributed by atoms with Crippen LogP contribution < -0.4 is 5.32 Å². The smallest absolute Gasteiger partial charge is 0.261 e. The van der Waals surface area contributed by atoms with Crippen LogP contribution in [0.5, 0.6) is 0 Å². The molecule has 0 unspecified atom stereocenters. The third-order valence-electron chi connectivity index (χ3n) is 4.85. The fourth-order valence-corrected chi connectivity index (χ4v) is 4.59. The molecule has 2 aliphatic rings. The molecule has 0 aromatic carbocycles. The number of hydrogen-bond acceptors (Lipinski definition) is 4. The van der Waals surface area contributed by atoms with Crippen molar-refractivity contribution in [1.29, 1.82) is 0 Å². The highest BCUT2D eigenvalue weighted by Crippen LogP contribution is 2.30. The summed E-state index contributed by atoms with van der Waals surface area (Å²) in [5.41, 5.74) is 1.08. The molecule has 130 valence electrons. The first-order valence-corrected chi connectivity index (χ1v) is 9.19. The van der Waals surface area contributed by atoms with E-state index in [1.807, 2.05) is 11.0 Å². The van der Waals surface area contributed by atoms with Gasteiger partial charge in [0, 0.05) is 45.0 Å². The lowest BCUT2D eigenvalue weighted by atomic mass is 9.95. The molecule has 1 N–H and O–H groups in total. The minimum Gasteiger partial charge on any atom is -0.354 e. The van der Waals surface area contributed by atoms with Crippen molar-refractivity contribution in [3.05, 3.63) is 21.4 Å². The number of carbonyl (C=O) groups is 3. The fraction of sp³-hybridized carbons (Fsp3) is 0.588. The number of hydrogen-bond donors (Lipinski definition) is 1. The summed E-state index contributed by atoms with van der Waals surface area (Å²) in [6, 6.07) is 1.90.